The van der Waals surface area contributed by atoms with Crippen molar-refractivity contribution >= 4 is 23.1 Å². The first-order valence-corrected chi connectivity index (χ1v) is 5.12. The number of aromatic nitrogens is 2. The minimum absolute atomic E-state index is 0.405. The van der Waals surface area contributed by atoms with Crippen LogP contribution >= 0.6 is 23.1 Å². The van der Waals surface area contributed by atoms with Crippen molar-refractivity contribution in [2.24, 2.45) is 0 Å². The summed E-state index contributed by atoms with van der Waals surface area (Å²) in [5.41, 5.74) is 0.697. The van der Waals surface area contributed by atoms with Crippen LogP contribution < -0.4 is 0 Å². The van der Waals surface area contributed by atoms with Gasteiger partial charge in [0.05, 0.1) is 19.8 Å². The molecule has 1 aromatic rings. The van der Waals surface area contributed by atoms with Gasteiger partial charge in [-0.1, -0.05) is 16.1 Å². The van der Waals surface area contributed by atoms with Crippen LogP contribution in [0.4, 0.5) is 0 Å². The van der Waals surface area contributed by atoms with Gasteiger partial charge in [0.2, 0.25) is 0 Å². The predicted octanol–water partition coefficient (Wildman–Crippen LogP) is 1.74. The second-order valence-corrected chi connectivity index (χ2v) is 3.60. The van der Waals surface area contributed by atoms with E-state index in [1.54, 1.807) is 0 Å². The Morgan fingerprint density at radius 2 is 2.15 bits per heavy atom. The van der Waals surface area contributed by atoms with Gasteiger partial charge in [0.15, 0.2) is 0 Å². The predicted molar refractivity (Wildman–Crippen MR) is 51.1 cm³/mol. The zero-order valence-corrected chi connectivity index (χ0v) is 8.90. The molecule has 0 N–H and O–H groups in total. The minimum atomic E-state index is 0.405. The maximum absolute atomic E-state index is 5.76. The van der Waals surface area contributed by atoms with Gasteiger partial charge in [0.25, 0.3) is 0 Å². The van der Waals surface area contributed by atoms with Crippen molar-refractivity contribution in [1.29, 1.82) is 0 Å². The van der Waals surface area contributed by atoms with E-state index < -0.39 is 0 Å². The summed E-state index contributed by atoms with van der Waals surface area (Å²) in [6, 6.07) is 0. The van der Waals surface area contributed by atoms with Crippen molar-refractivity contribution in [3.63, 3.8) is 0 Å². The number of ether oxygens (including phenoxy) is 2. The van der Waals surface area contributed by atoms with Gasteiger partial charge in [-0.2, -0.15) is 0 Å². The van der Waals surface area contributed by atoms with Gasteiger partial charge in [0, 0.05) is 18.1 Å². The minimum Gasteiger partial charge on any atom is -0.379 e. The number of nitrogens with zero attached hydrogens (tertiary/aromatic N) is 2. The highest BCUT2D eigenvalue weighted by Gasteiger charge is 2.04. The number of halogens is 1. The lowest BCUT2D eigenvalue weighted by Crippen LogP contribution is -2.04. The molecule has 1 heterocycles. The third kappa shape index (κ3) is 3.99. The quantitative estimate of drug-likeness (QED) is 0.688. The molecule has 0 spiro atoms. The van der Waals surface area contributed by atoms with Crippen molar-refractivity contribution in [2.75, 3.05) is 19.8 Å². The summed E-state index contributed by atoms with van der Waals surface area (Å²) in [4.78, 5) is 0. The first-order valence-electron chi connectivity index (χ1n) is 3.96. The van der Waals surface area contributed by atoms with Gasteiger partial charge >= 0.3 is 0 Å². The molecule has 0 atom stereocenters. The zero-order valence-electron chi connectivity index (χ0n) is 7.33. The second kappa shape index (κ2) is 6.26. The van der Waals surface area contributed by atoms with Crippen LogP contribution in [0.2, 0.25) is 4.34 Å². The molecule has 6 heteroatoms. The SMILES string of the molecule is CCOCCOCc1nnsc1Cl. The molecule has 0 unspecified atom stereocenters. The van der Waals surface area contributed by atoms with Gasteiger partial charge in [-0.15, -0.1) is 5.10 Å². The van der Waals surface area contributed by atoms with Gasteiger partial charge in [-0.25, -0.2) is 0 Å². The van der Waals surface area contributed by atoms with E-state index in [0.717, 1.165) is 0 Å². The van der Waals surface area contributed by atoms with E-state index in [9.17, 15) is 0 Å². The van der Waals surface area contributed by atoms with Crippen LogP contribution in [-0.4, -0.2) is 29.4 Å². The highest BCUT2D eigenvalue weighted by Crippen LogP contribution is 2.17. The fourth-order valence-corrected chi connectivity index (χ4v) is 1.32. The van der Waals surface area contributed by atoms with Crippen molar-refractivity contribution in [3.05, 3.63) is 10.0 Å². The molecular weight excluding hydrogens is 212 g/mol. The molecule has 13 heavy (non-hydrogen) atoms. The fraction of sp³-hybridized carbons (Fsp3) is 0.714. The lowest BCUT2D eigenvalue weighted by molar-refractivity contribution is 0.0441. The standard InChI is InChI=1S/C7H11ClN2O2S/c1-2-11-3-4-12-5-6-7(8)13-10-9-6/h2-5H2,1H3. The lowest BCUT2D eigenvalue weighted by Gasteiger charge is -2.01. The molecule has 0 saturated heterocycles. The first kappa shape index (κ1) is 10.8. The van der Waals surface area contributed by atoms with E-state index in [1.807, 2.05) is 6.92 Å². The molecule has 0 radical (unpaired) electrons. The van der Waals surface area contributed by atoms with Gasteiger partial charge < -0.3 is 9.47 Å². The Labute approximate surface area is 86.0 Å². The molecule has 0 amide bonds. The molecule has 0 bridgehead atoms. The monoisotopic (exact) mass is 222 g/mol. The maximum Gasteiger partial charge on any atom is 0.139 e. The molecule has 0 aliphatic heterocycles. The Morgan fingerprint density at radius 3 is 2.77 bits per heavy atom. The van der Waals surface area contributed by atoms with Gasteiger partial charge in [-0.3, -0.25) is 0 Å². The topological polar surface area (TPSA) is 44.2 Å². The second-order valence-electron chi connectivity index (χ2n) is 2.24. The Balaban J connectivity index is 2.10. The summed E-state index contributed by atoms with van der Waals surface area (Å²) >= 11 is 6.93. The smallest absolute Gasteiger partial charge is 0.139 e. The van der Waals surface area contributed by atoms with E-state index in [4.69, 9.17) is 21.1 Å². The highest BCUT2D eigenvalue weighted by molar-refractivity contribution is 7.10. The van der Waals surface area contributed by atoms with Crippen molar-refractivity contribution in [1.82, 2.24) is 9.59 Å². The highest BCUT2D eigenvalue weighted by atomic mass is 35.5. The number of rotatable bonds is 6. The van der Waals surface area contributed by atoms with Gasteiger partial charge in [0.1, 0.15) is 10.0 Å². The van der Waals surface area contributed by atoms with Crippen LogP contribution in [-0.2, 0) is 16.1 Å². The van der Waals surface area contributed by atoms with Crippen molar-refractivity contribution in [3.8, 4) is 0 Å². The molecule has 0 aliphatic carbocycles. The Hall–Kier alpha value is -0.230. The Morgan fingerprint density at radius 1 is 1.38 bits per heavy atom. The number of hydrogen-bond donors (Lipinski definition) is 0. The summed E-state index contributed by atoms with van der Waals surface area (Å²) in [5, 5.41) is 3.80. The Kier molecular flexibility index (Phi) is 5.22. The molecule has 0 aromatic carbocycles. The van der Waals surface area contributed by atoms with E-state index >= 15 is 0 Å². The molecule has 1 aromatic heterocycles. The van der Waals surface area contributed by atoms with Crippen LogP contribution in [0.3, 0.4) is 0 Å². The third-order valence-electron chi connectivity index (χ3n) is 1.32. The Bertz CT molecular complexity index is 244. The van der Waals surface area contributed by atoms with Crippen LogP contribution in [0, 0.1) is 0 Å². The van der Waals surface area contributed by atoms with Crippen molar-refractivity contribution < 1.29 is 9.47 Å². The zero-order chi connectivity index (χ0) is 9.52. The summed E-state index contributed by atoms with van der Waals surface area (Å²) in [7, 11) is 0. The summed E-state index contributed by atoms with van der Waals surface area (Å²) in [6.07, 6.45) is 0. The van der Waals surface area contributed by atoms with E-state index in [1.165, 1.54) is 11.5 Å². The summed E-state index contributed by atoms with van der Waals surface area (Å²) in [6.45, 7) is 4.22. The molecule has 4 nitrogen and oxygen atoms in total. The lowest BCUT2D eigenvalue weighted by atomic mass is 10.5. The van der Waals surface area contributed by atoms with E-state index in [0.29, 0.717) is 36.5 Å². The van der Waals surface area contributed by atoms with Gasteiger partial charge in [-0.05, 0) is 6.92 Å². The third-order valence-corrected chi connectivity index (χ3v) is 2.31. The van der Waals surface area contributed by atoms with Crippen LogP contribution in [0.15, 0.2) is 0 Å². The molecule has 0 aliphatic rings. The molecule has 0 saturated carbocycles. The van der Waals surface area contributed by atoms with Crippen LogP contribution in [0.5, 0.6) is 0 Å². The normalized spacial score (nSPS) is 10.6. The largest absolute Gasteiger partial charge is 0.379 e. The molecule has 74 valence electrons. The average Bonchev–Trinajstić information content (AvgIpc) is 2.52. The number of hydrogen-bond acceptors (Lipinski definition) is 5. The average molecular weight is 223 g/mol. The van der Waals surface area contributed by atoms with E-state index in [2.05, 4.69) is 9.59 Å². The van der Waals surface area contributed by atoms with Crippen LogP contribution in [0.1, 0.15) is 12.6 Å². The van der Waals surface area contributed by atoms with Crippen LogP contribution in [0.25, 0.3) is 0 Å². The summed E-state index contributed by atoms with van der Waals surface area (Å²) < 4.78 is 14.6. The maximum atomic E-state index is 5.76. The molecule has 0 fully saturated rings. The summed E-state index contributed by atoms with van der Waals surface area (Å²) in [5.74, 6) is 0. The van der Waals surface area contributed by atoms with E-state index in [-0.39, 0.29) is 0 Å². The fourth-order valence-electron chi connectivity index (χ4n) is 0.714. The molecular formula is C7H11ClN2O2S. The van der Waals surface area contributed by atoms with Crippen molar-refractivity contribution in [2.45, 2.75) is 13.5 Å². The first-order chi connectivity index (χ1) is 6.34. The molecule has 1 rings (SSSR count).